The summed E-state index contributed by atoms with van der Waals surface area (Å²) in [5.41, 5.74) is 4.64. The second-order valence-electron chi connectivity index (χ2n) is 7.12. The Morgan fingerprint density at radius 3 is 2.46 bits per heavy atom. The van der Waals surface area contributed by atoms with Crippen LogP contribution >= 0.6 is 11.6 Å². The van der Waals surface area contributed by atoms with Gasteiger partial charge in [-0.15, -0.1) is 0 Å². The molecule has 0 aliphatic carbocycles. The monoisotopic (exact) mass is 493 g/mol. The molecule has 0 heterocycles. The van der Waals surface area contributed by atoms with Crippen molar-refractivity contribution in [3.05, 3.63) is 81.9 Å². The van der Waals surface area contributed by atoms with E-state index < -0.39 is 5.91 Å². The van der Waals surface area contributed by atoms with Crippen molar-refractivity contribution in [3.63, 3.8) is 0 Å². The molecular formula is C26H24ClN3O5. The summed E-state index contributed by atoms with van der Waals surface area (Å²) in [6.07, 6.45) is 1.44. The van der Waals surface area contributed by atoms with E-state index in [1.807, 2.05) is 19.1 Å². The molecule has 3 aromatic rings. The molecule has 0 saturated heterocycles. The third-order valence-electron chi connectivity index (χ3n) is 4.83. The second-order valence-corrected chi connectivity index (χ2v) is 7.53. The number of hydrazone groups is 1. The molecule has 0 unspecified atom stereocenters. The van der Waals surface area contributed by atoms with Crippen molar-refractivity contribution >= 4 is 23.7 Å². The van der Waals surface area contributed by atoms with E-state index in [1.54, 1.807) is 42.5 Å². The fraction of sp³-hybridized carbons (Fsp3) is 0.192. The summed E-state index contributed by atoms with van der Waals surface area (Å²) in [4.78, 5) is 12.5. The van der Waals surface area contributed by atoms with Crippen LogP contribution < -0.4 is 24.4 Å². The second kappa shape index (κ2) is 12.3. The molecule has 180 valence electrons. The highest BCUT2D eigenvalue weighted by Crippen LogP contribution is 2.37. The van der Waals surface area contributed by atoms with Crippen LogP contribution in [-0.2, 0) is 6.61 Å². The van der Waals surface area contributed by atoms with E-state index in [1.165, 1.54) is 20.4 Å². The Hall–Kier alpha value is -4.22. The first-order valence-corrected chi connectivity index (χ1v) is 11.0. The zero-order valence-electron chi connectivity index (χ0n) is 19.5. The topological polar surface area (TPSA) is 102 Å². The molecule has 0 atom stereocenters. The third kappa shape index (κ3) is 6.65. The number of carbonyl (C=O) groups is 1. The predicted octanol–water partition coefficient (Wildman–Crippen LogP) is 4.97. The first-order valence-electron chi connectivity index (χ1n) is 10.6. The van der Waals surface area contributed by atoms with E-state index >= 15 is 0 Å². The van der Waals surface area contributed by atoms with Crippen molar-refractivity contribution < 1.29 is 23.7 Å². The smallest absolute Gasteiger partial charge is 0.271 e. The number of rotatable bonds is 10. The Bertz CT molecular complexity index is 1250. The van der Waals surface area contributed by atoms with Gasteiger partial charge in [0.2, 0.25) is 0 Å². The van der Waals surface area contributed by atoms with Crippen LogP contribution in [0.25, 0.3) is 0 Å². The van der Waals surface area contributed by atoms with Gasteiger partial charge < -0.3 is 18.9 Å². The van der Waals surface area contributed by atoms with E-state index in [0.29, 0.717) is 51.3 Å². The van der Waals surface area contributed by atoms with Crippen molar-refractivity contribution in [3.8, 4) is 29.1 Å². The van der Waals surface area contributed by atoms with Gasteiger partial charge in [0.05, 0.1) is 43.7 Å². The molecule has 35 heavy (non-hydrogen) atoms. The molecule has 0 fully saturated rings. The van der Waals surface area contributed by atoms with Crippen LogP contribution in [0.2, 0.25) is 5.02 Å². The number of nitriles is 1. The number of amides is 1. The lowest BCUT2D eigenvalue weighted by molar-refractivity contribution is 0.0954. The molecule has 1 amide bonds. The van der Waals surface area contributed by atoms with Gasteiger partial charge in [-0.05, 0) is 42.8 Å². The first kappa shape index (κ1) is 25.4. The van der Waals surface area contributed by atoms with Crippen molar-refractivity contribution in [2.75, 3.05) is 20.8 Å². The zero-order valence-corrected chi connectivity index (χ0v) is 20.3. The number of nitrogens with one attached hydrogen (secondary N) is 1. The molecule has 0 saturated carbocycles. The van der Waals surface area contributed by atoms with Crippen molar-refractivity contribution in [1.29, 1.82) is 5.26 Å². The lowest BCUT2D eigenvalue weighted by Gasteiger charge is -2.15. The molecule has 9 heteroatoms. The summed E-state index contributed by atoms with van der Waals surface area (Å²) < 4.78 is 22.0. The van der Waals surface area contributed by atoms with Gasteiger partial charge in [-0.2, -0.15) is 10.4 Å². The summed E-state index contributed by atoms with van der Waals surface area (Å²) in [7, 11) is 3.01. The highest BCUT2D eigenvalue weighted by atomic mass is 35.5. The molecule has 0 radical (unpaired) electrons. The largest absolute Gasteiger partial charge is 0.497 e. The number of halogens is 1. The lowest BCUT2D eigenvalue weighted by Crippen LogP contribution is -2.17. The lowest BCUT2D eigenvalue weighted by atomic mass is 10.1. The minimum absolute atomic E-state index is 0.150. The van der Waals surface area contributed by atoms with Crippen LogP contribution in [0.3, 0.4) is 0 Å². The predicted molar refractivity (Wildman–Crippen MR) is 133 cm³/mol. The maximum Gasteiger partial charge on any atom is 0.271 e. The minimum atomic E-state index is -0.439. The van der Waals surface area contributed by atoms with Crippen molar-refractivity contribution in [1.82, 2.24) is 5.43 Å². The molecule has 3 rings (SSSR count). The van der Waals surface area contributed by atoms with Gasteiger partial charge in [0.15, 0.2) is 11.5 Å². The van der Waals surface area contributed by atoms with Gasteiger partial charge in [-0.1, -0.05) is 29.8 Å². The van der Waals surface area contributed by atoms with Gasteiger partial charge in [0, 0.05) is 17.2 Å². The molecule has 0 aromatic heterocycles. The average Bonchev–Trinajstić information content (AvgIpc) is 2.88. The van der Waals surface area contributed by atoms with Crippen LogP contribution in [0.5, 0.6) is 23.0 Å². The van der Waals surface area contributed by atoms with E-state index in [2.05, 4.69) is 16.6 Å². The molecule has 0 aliphatic heterocycles. The van der Waals surface area contributed by atoms with Crippen LogP contribution in [0.15, 0.2) is 59.7 Å². The molecule has 1 N–H and O–H groups in total. The van der Waals surface area contributed by atoms with Gasteiger partial charge in [-0.25, -0.2) is 5.43 Å². The van der Waals surface area contributed by atoms with Crippen molar-refractivity contribution in [2.24, 2.45) is 5.10 Å². The highest BCUT2D eigenvalue weighted by Gasteiger charge is 2.14. The summed E-state index contributed by atoms with van der Waals surface area (Å²) in [5, 5.41) is 13.6. The number of carbonyl (C=O) groups excluding carboxylic acids is 1. The fourth-order valence-corrected chi connectivity index (χ4v) is 3.41. The number of hydrogen-bond acceptors (Lipinski definition) is 7. The summed E-state index contributed by atoms with van der Waals surface area (Å²) in [6.45, 7) is 2.37. The van der Waals surface area contributed by atoms with Crippen LogP contribution in [0.1, 0.15) is 34.0 Å². The van der Waals surface area contributed by atoms with Crippen LogP contribution in [0, 0.1) is 11.3 Å². The molecular weight excluding hydrogens is 470 g/mol. The van der Waals surface area contributed by atoms with Gasteiger partial charge in [-0.3, -0.25) is 4.79 Å². The average molecular weight is 494 g/mol. The fourth-order valence-electron chi connectivity index (χ4n) is 3.14. The standard InChI is InChI=1S/C26H24ClN3O5/c1-4-34-24-10-17(9-23(27)25(24)35-16-19-8-6-5-7-18(19)14-28)15-29-30-26(31)20-11-21(32-2)13-22(12-20)33-3/h5-13,15H,4,16H2,1-3H3,(H,30,31)/b29-15-. The zero-order chi connectivity index (χ0) is 25.2. The van der Waals surface area contributed by atoms with Crippen LogP contribution in [-0.4, -0.2) is 32.9 Å². The quantitative estimate of drug-likeness (QED) is 0.316. The Kier molecular flexibility index (Phi) is 8.93. The highest BCUT2D eigenvalue weighted by molar-refractivity contribution is 6.32. The van der Waals surface area contributed by atoms with E-state index in [9.17, 15) is 10.1 Å². The number of methoxy groups -OCH3 is 2. The normalized spacial score (nSPS) is 10.5. The van der Waals surface area contributed by atoms with E-state index in [0.717, 1.165) is 5.56 Å². The third-order valence-corrected chi connectivity index (χ3v) is 5.12. The Morgan fingerprint density at radius 1 is 1.09 bits per heavy atom. The van der Waals surface area contributed by atoms with E-state index in [-0.39, 0.29) is 6.61 Å². The maximum absolute atomic E-state index is 12.5. The summed E-state index contributed by atoms with van der Waals surface area (Å²) in [6, 6.07) is 17.5. The number of hydrogen-bond donors (Lipinski definition) is 1. The SMILES string of the molecule is CCOc1cc(/C=N\NC(=O)c2cc(OC)cc(OC)c2)cc(Cl)c1OCc1ccccc1C#N. The molecule has 0 aliphatic rings. The minimum Gasteiger partial charge on any atom is -0.497 e. The number of benzene rings is 3. The Labute approximate surface area is 208 Å². The van der Waals surface area contributed by atoms with Crippen molar-refractivity contribution in [2.45, 2.75) is 13.5 Å². The molecule has 3 aromatic carbocycles. The van der Waals surface area contributed by atoms with Crippen LogP contribution in [0.4, 0.5) is 0 Å². The number of ether oxygens (including phenoxy) is 4. The summed E-state index contributed by atoms with van der Waals surface area (Å²) in [5.74, 6) is 1.30. The Balaban J connectivity index is 1.76. The van der Waals surface area contributed by atoms with Gasteiger partial charge >= 0.3 is 0 Å². The summed E-state index contributed by atoms with van der Waals surface area (Å²) >= 11 is 6.47. The van der Waals surface area contributed by atoms with E-state index in [4.69, 9.17) is 30.5 Å². The molecule has 0 bridgehead atoms. The molecule has 8 nitrogen and oxygen atoms in total. The first-order chi connectivity index (χ1) is 17.0. The Morgan fingerprint density at radius 2 is 1.80 bits per heavy atom. The molecule has 0 spiro atoms. The number of nitrogens with zero attached hydrogens (tertiary/aromatic N) is 2. The van der Waals surface area contributed by atoms with Gasteiger partial charge in [0.1, 0.15) is 18.1 Å². The van der Waals surface area contributed by atoms with Gasteiger partial charge in [0.25, 0.3) is 5.91 Å². The maximum atomic E-state index is 12.5.